The Morgan fingerprint density at radius 3 is 1.84 bits per heavy atom. The van der Waals surface area contributed by atoms with Crippen LogP contribution >= 0.6 is 0 Å². The van der Waals surface area contributed by atoms with Crippen molar-refractivity contribution in [2.75, 3.05) is 10.5 Å². The van der Waals surface area contributed by atoms with E-state index in [2.05, 4.69) is 9.97 Å². The fourth-order valence-corrected chi connectivity index (χ4v) is 3.63. The highest BCUT2D eigenvalue weighted by molar-refractivity contribution is 7.92. The number of halogens is 7. The Morgan fingerprint density at radius 2 is 1.34 bits per heavy atom. The number of nitrogens with one attached hydrogen (secondary N) is 1. The molecule has 14 heteroatoms. The average molecular weight is 480 g/mol. The van der Waals surface area contributed by atoms with E-state index in [-0.39, 0.29) is 23.9 Å². The molecule has 0 atom stereocenters. The minimum Gasteiger partial charge on any atom is -0.368 e. The van der Waals surface area contributed by atoms with E-state index in [1.807, 2.05) is 0 Å². The lowest BCUT2D eigenvalue weighted by atomic mass is 10.1. The minimum absolute atomic E-state index is 0.0234. The second-order valence-corrected chi connectivity index (χ2v) is 8.03. The van der Waals surface area contributed by atoms with Crippen LogP contribution in [0.4, 0.5) is 42.5 Å². The summed E-state index contributed by atoms with van der Waals surface area (Å²) >= 11 is 0. The molecule has 0 bridgehead atoms. The maximum atomic E-state index is 13.1. The SMILES string of the molecule is Nc1nc(NS(=O)(=O)c2cc(C(F)(F)F)cc(C(F)(F)F)c2)cc(-c2ccc(F)cc2)n1. The van der Waals surface area contributed by atoms with Gasteiger partial charge in [-0.25, -0.2) is 17.8 Å². The van der Waals surface area contributed by atoms with Gasteiger partial charge in [-0.3, -0.25) is 4.72 Å². The van der Waals surface area contributed by atoms with E-state index in [1.54, 1.807) is 4.72 Å². The molecule has 6 nitrogen and oxygen atoms in total. The first-order chi connectivity index (χ1) is 14.6. The van der Waals surface area contributed by atoms with Crippen LogP contribution in [0.1, 0.15) is 11.1 Å². The molecule has 1 heterocycles. The van der Waals surface area contributed by atoms with Gasteiger partial charge in [0, 0.05) is 11.6 Å². The molecule has 0 unspecified atom stereocenters. The molecule has 170 valence electrons. The molecule has 0 fully saturated rings. The van der Waals surface area contributed by atoms with Gasteiger partial charge in [-0.15, -0.1) is 0 Å². The third-order valence-electron chi connectivity index (χ3n) is 3.99. The summed E-state index contributed by atoms with van der Waals surface area (Å²) in [6.45, 7) is 0. The van der Waals surface area contributed by atoms with Gasteiger partial charge in [0.25, 0.3) is 10.0 Å². The van der Waals surface area contributed by atoms with Crippen LogP contribution in [-0.2, 0) is 22.4 Å². The molecule has 0 amide bonds. The molecular formula is C18H11F7N4O2S. The lowest BCUT2D eigenvalue weighted by molar-refractivity contribution is -0.143. The van der Waals surface area contributed by atoms with Crippen molar-refractivity contribution in [1.82, 2.24) is 9.97 Å². The lowest BCUT2D eigenvalue weighted by Gasteiger charge is -2.15. The summed E-state index contributed by atoms with van der Waals surface area (Å²) in [7, 11) is -4.96. The zero-order valence-electron chi connectivity index (χ0n) is 15.5. The molecule has 3 N–H and O–H groups in total. The van der Waals surface area contributed by atoms with Crippen molar-refractivity contribution >= 4 is 21.8 Å². The molecule has 0 aliphatic heterocycles. The van der Waals surface area contributed by atoms with Crippen LogP contribution in [0.2, 0.25) is 0 Å². The summed E-state index contributed by atoms with van der Waals surface area (Å²) in [5.74, 6) is -1.55. The van der Waals surface area contributed by atoms with Crippen LogP contribution in [0.3, 0.4) is 0 Å². The summed E-state index contributed by atoms with van der Waals surface area (Å²) in [6, 6.07) is 5.69. The molecule has 0 aliphatic carbocycles. The van der Waals surface area contributed by atoms with Crippen molar-refractivity contribution in [3.05, 3.63) is 65.5 Å². The van der Waals surface area contributed by atoms with Gasteiger partial charge in [-0.05, 0) is 42.5 Å². The van der Waals surface area contributed by atoms with Crippen molar-refractivity contribution < 1.29 is 39.2 Å². The highest BCUT2D eigenvalue weighted by Crippen LogP contribution is 2.37. The summed E-state index contributed by atoms with van der Waals surface area (Å²) in [5.41, 5.74) is 2.22. The number of sulfonamides is 1. The number of benzene rings is 2. The quantitative estimate of drug-likeness (QED) is 0.528. The van der Waals surface area contributed by atoms with Gasteiger partial charge >= 0.3 is 12.4 Å². The summed E-state index contributed by atoms with van der Waals surface area (Å²) < 4.78 is 118. The van der Waals surface area contributed by atoms with Gasteiger partial charge < -0.3 is 5.73 Å². The predicted molar refractivity (Wildman–Crippen MR) is 99.1 cm³/mol. The van der Waals surface area contributed by atoms with Crippen molar-refractivity contribution in [2.45, 2.75) is 17.2 Å². The fraction of sp³-hybridized carbons (Fsp3) is 0.111. The monoisotopic (exact) mass is 480 g/mol. The second-order valence-electron chi connectivity index (χ2n) is 6.35. The van der Waals surface area contributed by atoms with E-state index in [1.165, 1.54) is 12.1 Å². The Hall–Kier alpha value is -3.42. The maximum absolute atomic E-state index is 13.1. The van der Waals surface area contributed by atoms with E-state index in [4.69, 9.17) is 5.73 Å². The Kier molecular flexibility index (Phi) is 5.76. The number of hydrogen-bond acceptors (Lipinski definition) is 5. The van der Waals surface area contributed by atoms with Gasteiger partial charge in [0.15, 0.2) is 0 Å². The number of nitrogens with zero attached hydrogens (tertiary/aromatic N) is 2. The molecule has 0 aliphatic rings. The number of rotatable bonds is 4. The molecule has 3 aromatic rings. The molecule has 0 spiro atoms. The second kappa shape index (κ2) is 7.93. The number of alkyl halides is 6. The van der Waals surface area contributed by atoms with E-state index in [0.29, 0.717) is 5.56 Å². The highest BCUT2D eigenvalue weighted by Gasteiger charge is 2.38. The van der Waals surface area contributed by atoms with Crippen LogP contribution < -0.4 is 10.5 Å². The molecule has 2 aromatic carbocycles. The summed E-state index contributed by atoms with van der Waals surface area (Å²) in [4.78, 5) is 6.14. The standard InChI is InChI=1S/C18H11F7N4O2S/c19-12-3-1-9(2-4-12)14-8-15(28-16(26)27-14)29-32(30,31)13-6-10(17(20,21)22)5-11(7-13)18(23,24)25/h1-8H,(H3,26,27,28,29). The highest BCUT2D eigenvalue weighted by atomic mass is 32.2. The van der Waals surface area contributed by atoms with Gasteiger partial charge in [-0.2, -0.15) is 31.3 Å². The van der Waals surface area contributed by atoms with Gasteiger partial charge in [0.1, 0.15) is 11.6 Å². The van der Waals surface area contributed by atoms with Crippen molar-refractivity contribution in [3.63, 3.8) is 0 Å². The average Bonchev–Trinajstić information content (AvgIpc) is 2.66. The Morgan fingerprint density at radius 1 is 0.812 bits per heavy atom. The first-order valence-corrected chi connectivity index (χ1v) is 9.86. The zero-order valence-corrected chi connectivity index (χ0v) is 16.3. The van der Waals surface area contributed by atoms with Crippen molar-refractivity contribution in [2.24, 2.45) is 0 Å². The Balaban J connectivity index is 2.05. The third kappa shape index (κ3) is 5.25. The van der Waals surface area contributed by atoms with Crippen LogP contribution in [0.5, 0.6) is 0 Å². The topological polar surface area (TPSA) is 98.0 Å². The first kappa shape index (κ1) is 23.2. The zero-order chi connectivity index (χ0) is 23.9. The van der Waals surface area contributed by atoms with Crippen molar-refractivity contribution in [1.29, 1.82) is 0 Å². The molecular weight excluding hydrogens is 469 g/mol. The first-order valence-electron chi connectivity index (χ1n) is 8.38. The minimum atomic E-state index is -5.24. The summed E-state index contributed by atoms with van der Waals surface area (Å²) in [5, 5.41) is 0. The third-order valence-corrected chi connectivity index (χ3v) is 5.33. The van der Waals surface area contributed by atoms with Gasteiger partial charge in [0.2, 0.25) is 5.95 Å². The van der Waals surface area contributed by atoms with Crippen LogP contribution in [0.15, 0.2) is 53.4 Å². The van der Waals surface area contributed by atoms with Gasteiger partial charge in [-0.1, -0.05) is 0 Å². The van der Waals surface area contributed by atoms with Crippen LogP contribution in [0.25, 0.3) is 11.3 Å². The molecule has 1 aromatic heterocycles. The molecule has 0 radical (unpaired) electrons. The van der Waals surface area contributed by atoms with E-state index >= 15 is 0 Å². The molecule has 3 rings (SSSR count). The maximum Gasteiger partial charge on any atom is 0.416 e. The Bertz CT molecular complexity index is 1230. The van der Waals surface area contributed by atoms with Gasteiger partial charge in [0.05, 0.1) is 21.7 Å². The molecule has 0 saturated heterocycles. The number of aromatic nitrogens is 2. The normalized spacial score (nSPS) is 12.6. The smallest absolute Gasteiger partial charge is 0.368 e. The van der Waals surface area contributed by atoms with Crippen LogP contribution in [-0.4, -0.2) is 18.4 Å². The largest absolute Gasteiger partial charge is 0.416 e. The number of nitrogen functional groups attached to an aromatic ring is 1. The lowest BCUT2D eigenvalue weighted by Crippen LogP contribution is -2.18. The predicted octanol–water partition coefficient (Wildman–Crippen LogP) is 4.70. The van der Waals surface area contributed by atoms with E-state index < -0.39 is 56.0 Å². The number of nitrogens with two attached hydrogens (primary N) is 1. The summed E-state index contributed by atoms with van der Waals surface area (Å²) in [6.07, 6.45) is -10.5. The van der Waals surface area contributed by atoms with E-state index in [9.17, 15) is 39.2 Å². The number of anilines is 2. The number of hydrogen-bond donors (Lipinski definition) is 2. The molecule has 32 heavy (non-hydrogen) atoms. The molecule has 0 saturated carbocycles. The Labute approximate surface area is 176 Å². The van der Waals surface area contributed by atoms with E-state index in [0.717, 1.165) is 18.2 Å². The fourth-order valence-electron chi connectivity index (χ4n) is 2.56. The van der Waals surface area contributed by atoms with Crippen LogP contribution in [0, 0.1) is 5.82 Å². The van der Waals surface area contributed by atoms with Crippen molar-refractivity contribution in [3.8, 4) is 11.3 Å².